The highest BCUT2D eigenvalue weighted by Gasteiger charge is 3.00. The van der Waals surface area contributed by atoms with Gasteiger partial charge in [0.05, 0.1) is 0 Å². The third kappa shape index (κ3) is 2.42. The molecular formula is C8Cl3F13O. The van der Waals surface area contributed by atoms with E-state index in [1.54, 1.807) is 0 Å². The Morgan fingerprint density at radius 1 is 0.680 bits per heavy atom. The fourth-order valence-corrected chi connectivity index (χ4v) is 2.76. The Bertz CT molecular complexity index is 554. The fourth-order valence-electron chi connectivity index (χ4n) is 1.73. The number of rotatable bonds is 2. The highest BCUT2D eigenvalue weighted by Crippen LogP contribution is 2.73. The van der Waals surface area contributed by atoms with Crippen LogP contribution in [0, 0.1) is 0 Å². The zero-order chi connectivity index (χ0) is 20.7. The predicted octanol–water partition coefficient (Wildman–Crippen LogP) is 5.82. The molecule has 1 heterocycles. The fraction of sp³-hybridized carbons (Fsp3) is 1.00. The van der Waals surface area contributed by atoms with E-state index < -0.39 is 45.4 Å². The van der Waals surface area contributed by atoms with Crippen molar-refractivity contribution in [3.8, 4) is 0 Å². The summed E-state index contributed by atoms with van der Waals surface area (Å²) < 4.78 is 166. The maximum absolute atomic E-state index is 14.2. The van der Waals surface area contributed by atoms with Gasteiger partial charge >= 0.3 is 40.8 Å². The molecule has 0 radical (unpaired) electrons. The Balaban J connectivity index is 3.83. The van der Waals surface area contributed by atoms with Crippen molar-refractivity contribution in [2.24, 2.45) is 0 Å². The minimum Gasteiger partial charge on any atom is -0.307 e. The molecule has 150 valence electrons. The molecule has 0 spiro atoms. The van der Waals surface area contributed by atoms with E-state index in [2.05, 4.69) is 39.5 Å². The Morgan fingerprint density at radius 3 is 1.28 bits per heavy atom. The molecule has 1 rings (SSSR count). The first-order valence-electron chi connectivity index (χ1n) is 5.18. The van der Waals surface area contributed by atoms with Crippen LogP contribution in [0.3, 0.4) is 0 Å². The van der Waals surface area contributed by atoms with Gasteiger partial charge in [0.1, 0.15) is 0 Å². The number of halogens is 16. The van der Waals surface area contributed by atoms with Crippen LogP contribution in [-0.4, -0.2) is 45.4 Å². The summed E-state index contributed by atoms with van der Waals surface area (Å²) in [6.07, 6.45) is -14.1. The average Bonchev–Trinajstić information content (AvgIpc) is 2.43. The summed E-state index contributed by atoms with van der Waals surface area (Å²) in [5.74, 6) is -22.3. The van der Waals surface area contributed by atoms with Gasteiger partial charge in [-0.25, -0.2) is 4.39 Å². The Labute approximate surface area is 142 Å². The second kappa shape index (κ2) is 5.25. The van der Waals surface area contributed by atoms with Gasteiger partial charge in [0.15, 0.2) is 0 Å². The van der Waals surface area contributed by atoms with Crippen molar-refractivity contribution in [1.82, 2.24) is 0 Å². The number of ether oxygens (including phenoxy) is 1. The van der Waals surface area contributed by atoms with Gasteiger partial charge in [0.2, 0.25) is 0 Å². The molecule has 1 aliphatic rings. The van der Waals surface area contributed by atoms with Gasteiger partial charge in [-0.05, 0) is 0 Å². The van der Waals surface area contributed by atoms with Gasteiger partial charge in [-0.1, -0.05) is 34.8 Å². The monoisotopic (exact) mass is 464 g/mol. The van der Waals surface area contributed by atoms with Crippen molar-refractivity contribution < 1.29 is 61.8 Å². The number of alkyl halides is 16. The molecular weight excluding hydrogens is 465 g/mol. The van der Waals surface area contributed by atoms with E-state index in [-0.39, 0.29) is 0 Å². The lowest BCUT2D eigenvalue weighted by Gasteiger charge is -2.41. The predicted molar refractivity (Wildman–Crippen MR) is 54.9 cm³/mol. The van der Waals surface area contributed by atoms with Gasteiger partial charge in [-0.15, -0.1) is 0 Å². The molecule has 0 unspecified atom stereocenters. The standard InChI is InChI=1S/C8Cl3F13O/c9-2(7(19,20)21)3(13,14)1(12,6(10,11)25-2)4(15,16)5(17,18)8(22,23)24/t1-,2+/m1/s1. The largest absolute Gasteiger partial charge is 0.460 e. The highest BCUT2D eigenvalue weighted by atomic mass is 35.5. The van der Waals surface area contributed by atoms with Crippen LogP contribution in [0.2, 0.25) is 0 Å². The van der Waals surface area contributed by atoms with Gasteiger partial charge in [-0.2, -0.15) is 52.7 Å². The van der Waals surface area contributed by atoms with Crippen molar-refractivity contribution >= 4 is 34.8 Å². The Kier molecular flexibility index (Phi) is 4.82. The van der Waals surface area contributed by atoms with Gasteiger partial charge in [0, 0.05) is 0 Å². The van der Waals surface area contributed by atoms with Crippen LogP contribution in [-0.2, 0) is 4.74 Å². The molecule has 0 aromatic carbocycles. The first-order valence-corrected chi connectivity index (χ1v) is 6.32. The minimum atomic E-state index is -7.66. The van der Waals surface area contributed by atoms with E-state index in [1.807, 2.05) is 0 Å². The van der Waals surface area contributed by atoms with Crippen LogP contribution < -0.4 is 0 Å². The Morgan fingerprint density at radius 2 is 1.04 bits per heavy atom. The smallest absolute Gasteiger partial charge is 0.307 e. The average molecular weight is 465 g/mol. The minimum absolute atomic E-state index is 2.89. The molecule has 1 aliphatic heterocycles. The summed E-state index contributed by atoms with van der Waals surface area (Å²) in [6, 6.07) is 0. The normalized spacial score (nSPS) is 33.6. The van der Waals surface area contributed by atoms with Gasteiger partial charge in [-0.3, -0.25) is 0 Å². The molecule has 1 saturated heterocycles. The second-order valence-electron chi connectivity index (χ2n) is 4.59. The van der Waals surface area contributed by atoms with Crippen LogP contribution >= 0.6 is 34.8 Å². The molecule has 0 N–H and O–H groups in total. The summed E-state index contributed by atoms with van der Waals surface area (Å²) >= 11 is 13.0. The van der Waals surface area contributed by atoms with E-state index in [4.69, 9.17) is 0 Å². The topological polar surface area (TPSA) is 9.23 Å². The van der Waals surface area contributed by atoms with Crippen molar-refractivity contribution in [2.75, 3.05) is 0 Å². The molecule has 0 aliphatic carbocycles. The van der Waals surface area contributed by atoms with E-state index in [9.17, 15) is 57.1 Å². The zero-order valence-corrected chi connectivity index (χ0v) is 12.7. The molecule has 1 nitrogen and oxygen atoms in total. The lowest BCUT2D eigenvalue weighted by Crippen LogP contribution is -2.73. The third-order valence-corrected chi connectivity index (χ3v) is 4.26. The lowest BCUT2D eigenvalue weighted by molar-refractivity contribution is -0.399. The van der Waals surface area contributed by atoms with Gasteiger partial charge in [0.25, 0.3) is 4.52 Å². The first-order chi connectivity index (χ1) is 10.5. The molecule has 0 aromatic rings. The number of hydrogen-bond donors (Lipinski definition) is 0. The maximum Gasteiger partial charge on any atom is 0.460 e. The van der Waals surface area contributed by atoms with E-state index in [0.717, 1.165) is 0 Å². The Hall–Kier alpha value is -0.0800. The van der Waals surface area contributed by atoms with E-state index >= 15 is 0 Å². The van der Waals surface area contributed by atoms with E-state index in [1.165, 1.54) is 0 Å². The van der Waals surface area contributed by atoms with Crippen molar-refractivity contribution in [3.05, 3.63) is 0 Å². The summed E-state index contributed by atoms with van der Waals surface area (Å²) in [6.45, 7) is 0. The van der Waals surface area contributed by atoms with Crippen LogP contribution in [0.5, 0.6) is 0 Å². The lowest BCUT2D eigenvalue weighted by atomic mass is 9.85. The summed E-state index contributed by atoms with van der Waals surface area (Å²) in [5, 5.41) is -5.89. The molecule has 1 fully saturated rings. The van der Waals surface area contributed by atoms with Crippen molar-refractivity contribution in [3.63, 3.8) is 0 Å². The van der Waals surface area contributed by atoms with Crippen LogP contribution in [0.15, 0.2) is 0 Å². The van der Waals surface area contributed by atoms with Crippen LogP contribution in [0.4, 0.5) is 57.1 Å². The maximum atomic E-state index is 14.2. The van der Waals surface area contributed by atoms with Gasteiger partial charge < -0.3 is 4.74 Å². The van der Waals surface area contributed by atoms with Crippen molar-refractivity contribution in [2.45, 2.75) is 45.4 Å². The molecule has 25 heavy (non-hydrogen) atoms. The summed E-state index contributed by atoms with van der Waals surface area (Å²) in [4.78, 5) is 0. The molecule has 0 bridgehead atoms. The van der Waals surface area contributed by atoms with Crippen molar-refractivity contribution in [1.29, 1.82) is 0 Å². The molecule has 17 heteroatoms. The highest BCUT2D eigenvalue weighted by molar-refractivity contribution is 6.49. The van der Waals surface area contributed by atoms with E-state index in [0.29, 0.717) is 0 Å². The SMILES string of the molecule is FC(F)(F)C(F)(F)C(F)(F)[C@@]1(F)C(Cl)(Cl)O[C@](Cl)(C(F)(F)F)C1(F)F. The summed E-state index contributed by atoms with van der Waals surface area (Å²) in [5.41, 5.74) is -6.97. The zero-order valence-electron chi connectivity index (χ0n) is 10.5. The quantitative estimate of drug-likeness (QED) is 0.369. The number of hydrogen-bond acceptors (Lipinski definition) is 1. The molecule has 0 saturated carbocycles. The molecule has 0 amide bonds. The van der Waals surface area contributed by atoms with Crippen LogP contribution in [0.1, 0.15) is 0 Å². The van der Waals surface area contributed by atoms with Crippen LogP contribution in [0.25, 0.3) is 0 Å². The molecule has 0 aromatic heterocycles. The second-order valence-corrected chi connectivity index (χ2v) is 6.38. The first kappa shape index (κ1) is 23.0. The molecule has 2 atom stereocenters. The summed E-state index contributed by atoms with van der Waals surface area (Å²) in [7, 11) is 0. The third-order valence-electron chi connectivity index (χ3n) is 3.05.